The predicted molar refractivity (Wildman–Crippen MR) is 71.4 cm³/mol. The summed E-state index contributed by atoms with van der Waals surface area (Å²) in [4.78, 5) is 15.3. The zero-order chi connectivity index (χ0) is 12.4. The van der Waals surface area contributed by atoms with Crippen molar-refractivity contribution in [3.8, 4) is 11.1 Å². The second-order valence-electron chi connectivity index (χ2n) is 3.32. The van der Waals surface area contributed by atoms with Gasteiger partial charge in [-0.3, -0.25) is 0 Å². The standard InChI is InChI=1S/C12H7Cl2NOS/c13-8-3-1-7(2-4-8)10-9(12(16)17)5-6-15-11(10)14/h1-6H,(H,16,17)/p-1. The molecule has 17 heavy (non-hydrogen) atoms. The van der Waals surface area contributed by atoms with Crippen LogP contribution in [-0.4, -0.2) is 10.1 Å². The lowest BCUT2D eigenvalue weighted by molar-refractivity contribution is 0.109. The van der Waals surface area contributed by atoms with Crippen LogP contribution in [0.4, 0.5) is 0 Å². The molecule has 0 atom stereocenters. The Morgan fingerprint density at radius 3 is 2.35 bits per heavy atom. The van der Waals surface area contributed by atoms with Crippen LogP contribution in [-0.2, 0) is 12.6 Å². The Kier molecular flexibility index (Phi) is 3.62. The van der Waals surface area contributed by atoms with Gasteiger partial charge in [-0.1, -0.05) is 35.3 Å². The van der Waals surface area contributed by atoms with Gasteiger partial charge in [0.15, 0.2) is 0 Å². The molecule has 1 aromatic carbocycles. The molecule has 2 nitrogen and oxygen atoms in total. The predicted octanol–water partition coefficient (Wildman–Crippen LogP) is 3.74. The minimum Gasteiger partial charge on any atom is -0.737 e. The van der Waals surface area contributed by atoms with Gasteiger partial charge in [0.1, 0.15) is 5.15 Å². The van der Waals surface area contributed by atoms with Crippen LogP contribution >= 0.6 is 23.2 Å². The van der Waals surface area contributed by atoms with Gasteiger partial charge in [0.25, 0.3) is 0 Å². The van der Waals surface area contributed by atoms with E-state index in [1.165, 1.54) is 6.20 Å². The van der Waals surface area contributed by atoms with Crippen molar-refractivity contribution in [2.75, 3.05) is 0 Å². The first-order chi connectivity index (χ1) is 8.09. The Labute approximate surface area is 114 Å². The van der Waals surface area contributed by atoms with E-state index in [-0.39, 0.29) is 5.15 Å². The summed E-state index contributed by atoms with van der Waals surface area (Å²) in [6, 6.07) is 8.54. The van der Waals surface area contributed by atoms with Crippen LogP contribution in [0.1, 0.15) is 10.4 Å². The van der Waals surface area contributed by atoms with Gasteiger partial charge in [0, 0.05) is 27.5 Å². The fraction of sp³-hybridized carbons (Fsp3) is 0. The molecular formula is C12H6Cl2NOS-. The van der Waals surface area contributed by atoms with Gasteiger partial charge < -0.3 is 17.4 Å². The number of pyridine rings is 1. The average molecular weight is 283 g/mol. The Bertz CT molecular complexity index is 569. The highest BCUT2D eigenvalue weighted by atomic mass is 35.5. The van der Waals surface area contributed by atoms with Crippen molar-refractivity contribution in [1.29, 1.82) is 0 Å². The van der Waals surface area contributed by atoms with Gasteiger partial charge in [-0.2, -0.15) is 0 Å². The number of carbonyl (C=O) groups is 1. The maximum atomic E-state index is 11.4. The normalized spacial score (nSPS) is 10.2. The number of nitrogens with zero attached hydrogens (tertiary/aromatic N) is 1. The van der Waals surface area contributed by atoms with Gasteiger partial charge in [0.2, 0.25) is 0 Å². The molecule has 0 aliphatic carbocycles. The maximum Gasteiger partial charge on any atom is 0.137 e. The Morgan fingerprint density at radius 2 is 1.76 bits per heavy atom. The van der Waals surface area contributed by atoms with E-state index >= 15 is 0 Å². The van der Waals surface area contributed by atoms with Gasteiger partial charge in [-0.15, -0.1) is 0 Å². The highest BCUT2D eigenvalue weighted by molar-refractivity contribution is 7.77. The molecule has 0 fully saturated rings. The lowest BCUT2D eigenvalue weighted by Crippen LogP contribution is -1.98. The summed E-state index contributed by atoms with van der Waals surface area (Å²) in [5.41, 5.74) is 1.69. The molecule has 5 heteroatoms. The van der Waals surface area contributed by atoms with Crippen LogP contribution in [0.15, 0.2) is 36.5 Å². The minimum absolute atomic E-state index is 0.253. The molecule has 1 heterocycles. The number of benzene rings is 1. The van der Waals surface area contributed by atoms with Gasteiger partial charge in [0.05, 0.1) is 0 Å². The highest BCUT2D eigenvalue weighted by Gasteiger charge is 2.10. The van der Waals surface area contributed by atoms with Crippen molar-refractivity contribution in [1.82, 2.24) is 4.98 Å². The molecule has 86 valence electrons. The number of carbonyl (C=O) groups excluding carboxylic acids is 1. The third-order valence-electron chi connectivity index (χ3n) is 2.26. The molecule has 0 amide bonds. The van der Waals surface area contributed by atoms with Crippen molar-refractivity contribution in [3.05, 3.63) is 52.3 Å². The van der Waals surface area contributed by atoms with Gasteiger partial charge >= 0.3 is 0 Å². The second kappa shape index (κ2) is 5.00. The summed E-state index contributed by atoms with van der Waals surface area (Å²) in [6.45, 7) is 0. The number of hydrogen-bond acceptors (Lipinski definition) is 3. The van der Waals surface area contributed by atoms with E-state index in [9.17, 15) is 4.79 Å². The van der Waals surface area contributed by atoms with E-state index in [4.69, 9.17) is 23.2 Å². The fourth-order valence-electron chi connectivity index (χ4n) is 1.50. The van der Waals surface area contributed by atoms with Gasteiger partial charge in [-0.25, -0.2) is 4.98 Å². The summed E-state index contributed by atoms with van der Waals surface area (Å²) >= 11 is 16.5. The molecule has 1 aromatic heterocycles. The zero-order valence-electron chi connectivity index (χ0n) is 8.48. The largest absolute Gasteiger partial charge is 0.737 e. The molecule has 2 aromatic rings. The van der Waals surface area contributed by atoms with Crippen LogP contribution in [0.5, 0.6) is 0 Å². The third kappa shape index (κ3) is 2.57. The lowest BCUT2D eigenvalue weighted by Gasteiger charge is -2.12. The molecule has 0 aliphatic rings. The van der Waals surface area contributed by atoms with Crippen molar-refractivity contribution >= 4 is 40.9 Å². The number of hydrogen-bond donors (Lipinski definition) is 0. The Balaban J connectivity index is 2.65. The summed E-state index contributed by atoms with van der Waals surface area (Å²) < 4.78 is 0. The SMILES string of the molecule is O=C([S-])c1ccnc(Cl)c1-c1ccc(Cl)cc1. The lowest BCUT2D eigenvalue weighted by atomic mass is 10.0. The first-order valence-electron chi connectivity index (χ1n) is 4.71. The molecule has 0 bridgehead atoms. The summed E-state index contributed by atoms with van der Waals surface area (Å²) in [5.74, 6) is 0. The maximum absolute atomic E-state index is 11.4. The molecule has 0 aliphatic heterocycles. The van der Waals surface area contributed by atoms with Crippen molar-refractivity contribution in [3.63, 3.8) is 0 Å². The third-order valence-corrected chi connectivity index (χ3v) is 3.02. The van der Waals surface area contributed by atoms with Crippen LogP contribution in [0.25, 0.3) is 11.1 Å². The summed E-state index contributed by atoms with van der Waals surface area (Å²) in [7, 11) is 0. The number of aromatic nitrogens is 1. The molecule has 0 spiro atoms. The minimum atomic E-state index is -0.459. The zero-order valence-corrected chi connectivity index (χ0v) is 10.8. The number of rotatable bonds is 2. The first kappa shape index (κ1) is 12.3. The monoisotopic (exact) mass is 282 g/mol. The molecule has 0 N–H and O–H groups in total. The fourth-order valence-corrected chi connectivity index (χ4v) is 2.06. The molecule has 2 rings (SSSR count). The van der Waals surface area contributed by atoms with Crippen LogP contribution < -0.4 is 0 Å². The van der Waals surface area contributed by atoms with E-state index in [0.29, 0.717) is 16.1 Å². The number of halogens is 2. The summed E-state index contributed by atoms with van der Waals surface area (Å²) in [5, 5.41) is 0.405. The van der Waals surface area contributed by atoms with E-state index in [1.807, 2.05) is 0 Å². The van der Waals surface area contributed by atoms with Gasteiger partial charge in [-0.05, 0) is 23.8 Å². The Hall–Kier alpha value is -1.16. The van der Waals surface area contributed by atoms with Crippen molar-refractivity contribution in [2.45, 2.75) is 0 Å². The first-order valence-corrected chi connectivity index (χ1v) is 5.88. The van der Waals surface area contributed by atoms with Crippen LogP contribution in [0, 0.1) is 0 Å². The van der Waals surface area contributed by atoms with E-state index < -0.39 is 5.12 Å². The smallest absolute Gasteiger partial charge is 0.137 e. The van der Waals surface area contributed by atoms with Crippen molar-refractivity contribution in [2.24, 2.45) is 0 Å². The van der Waals surface area contributed by atoms with Crippen LogP contribution in [0.2, 0.25) is 10.2 Å². The topological polar surface area (TPSA) is 30.0 Å². The second-order valence-corrected chi connectivity index (χ2v) is 4.48. The molecule has 0 saturated carbocycles. The molecule has 0 radical (unpaired) electrons. The van der Waals surface area contributed by atoms with E-state index in [0.717, 1.165) is 5.56 Å². The highest BCUT2D eigenvalue weighted by Crippen LogP contribution is 2.30. The van der Waals surface area contributed by atoms with Crippen LogP contribution in [0.3, 0.4) is 0 Å². The average Bonchev–Trinajstić information content (AvgIpc) is 2.30. The molecule has 0 saturated heterocycles. The Morgan fingerprint density at radius 1 is 1.12 bits per heavy atom. The van der Waals surface area contributed by atoms with E-state index in [1.54, 1.807) is 30.3 Å². The van der Waals surface area contributed by atoms with E-state index in [2.05, 4.69) is 17.6 Å². The summed E-state index contributed by atoms with van der Waals surface area (Å²) in [6.07, 6.45) is 1.46. The van der Waals surface area contributed by atoms with Crippen molar-refractivity contribution < 1.29 is 4.79 Å². The molecular weight excluding hydrogens is 277 g/mol. The molecule has 0 unspecified atom stereocenters. The quantitative estimate of drug-likeness (QED) is 0.621.